The molecule has 0 unspecified atom stereocenters. The van der Waals surface area contributed by atoms with Gasteiger partial charge in [0.2, 0.25) is 0 Å². The van der Waals surface area contributed by atoms with E-state index >= 15 is 0 Å². The van der Waals surface area contributed by atoms with Crippen molar-refractivity contribution >= 4 is 29.5 Å². The summed E-state index contributed by atoms with van der Waals surface area (Å²) in [6, 6.07) is 0. The first kappa shape index (κ1) is 15.9. The molecule has 1 heterocycles. The maximum atomic E-state index is 11.9. The van der Waals surface area contributed by atoms with E-state index in [9.17, 15) is 9.59 Å². The summed E-state index contributed by atoms with van der Waals surface area (Å²) < 4.78 is 5.32. The monoisotopic (exact) mass is 317 g/mol. The number of hydrogen-bond donors (Lipinski definition) is 1. The minimum absolute atomic E-state index is 0.0619. The molecule has 0 radical (unpaired) electrons. The second-order valence-corrected chi connectivity index (χ2v) is 6.62. The molecule has 21 heavy (non-hydrogen) atoms. The van der Waals surface area contributed by atoms with E-state index in [1.165, 1.54) is 0 Å². The summed E-state index contributed by atoms with van der Waals surface area (Å²) in [5, 5.41) is 3.59. The van der Waals surface area contributed by atoms with Crippen molar-refractivity contribution in [1.29, 1.82) is 0 Å². The number of nitrogens with two attached hydrogens (primary N) is 1. The number of hydrogen-bond acceptors (Lipinski definition) is 5. The van der Waals surface area contributed by atoms with Gasteiger partial charge in [0, 0.05) is 19.0 Å². The molecular weight excluding hydrogens is 298 g/mol. The number of nitrogens with zero attached hydrogens (tertiary/aromatic N) is 2. The molecule has 0 aromatic rings. The van der Waals surface area contributed by atoms with Crippen molar-refractivity contribution in [3.05, 3.63) is 0 Å². The zero-order valence-electron chi connectivity index (χ0n) is 12.3. The van der Waals surface area contributed by atoms with Crippen LogP contribution in [0, 0.1) is 17.8 Å². The normalized spacial score (nSPS) is 28.1. The Bertz CT molecular complexity index is 463. The van der Waals surface area contributed by atoms with Gasteiger partial charge in [-0.05, 0) is 32.6 Å². The molecule has 1 saturated heterocycles. The molecular formula is C13H20ClN3O4. The lowest BCUT2D eigenvalue weighted by Gasteiger charge is -2.25. The Morgan fingerprint density at radius 2 is 1.90 bits per heavy atom. The maximum Gasteiger partial charge on any atom is 0.410 e. The molecule has 0 aromatic heterocycles. The number of amidine groups is 1. The van der Waals surface area contributed by atoms with Gasteiger partial charge >= 0.3 is 12.1 Å². The molecule has 2 rings (SSSR count). The smallest absolute Gasteiger partial charge is 0.410 e. The molecule has 1 saturated carbocycles. The number of piperidine rings is 1. The molecule has 2 fully saturated rings. The van der Waals surface area contributed by atoms with Crippen molar-refractivity contribution in [3.63, 3.8) is 0 Å². The van der Waals surface area contributed by atoms with Crippen LogP contribution in [0.2, 0.25) is 0 Å². The summed E-state index contributed by atoms with van der Waals surface area (Å²) in [6.45, 7) is 6.68. The number of carbonyl (C=O) groups excluding carboxylic acids is 2. The van der Waals surface area contributed by atoms with Crippen LogP contribution < -0.4 is 5.73 Å². The fourth-order valence-electron chi connectivity index (χ4n) is 2.63. The van der Waals surface area contributed by atoms with Gasteiger partial charge in [-0.1, -0.05) is 5.16 Å². The molecule has 2 N–H and O–H groups in total. The molecule has 1 aliphatic carbocycles. The number of rotatable bonds is 3. The number of carbonyl (C=O) groups is 2. The second-order valence-electron chi connectivity index (χ2n) is 6.35. The summed E-state index contributed by atoms with van der Waals surface area (Å²) in [5.74, 6) is -0.0346. The Morgan fingerprint density at radius 3 is 2.38 bits per heavy atom. The van der Waals surface area contributed by atoms with E-state index in [1.54, 1.807) is 4.90 Å². The first-order valence-electron chi connectivity index (χ1n) is 6.80. The summed E-state index contributed by atoms with van der Waals surface area (Å²) in [5.41, 5.74) is 5.29. The molecule has 2 aliphatic rings. The highest BCUT2D eigenvalue weighted by molar-refractivity contribution is 6.26. The van der Waals surface area contributed by atoms with Crippen LogP contribution in [0.15, 0.2) is 5.16 Å². The highest BCUT2D eigenvalue weighted by atomic mass is 35.5. The Balaban J connectivity index is 1.82. The molecule has 0 bridgehead atoms. The molecule has 0 aromatic carbocycles. The minimum Gasteiger partial charge on any atom is -0.444 e. The second kappa shape index (κ2) is 5.71. The van der Waals surface area contributed by atoms with E-state index in [-0.39, 0.29) is 35.6 Å². The van der Waals surface area contributed by atoms with Crippen molar-refractivity contribution in [1.82, 2.24) is 4.90 Å². The fraction of sp³-hybridized carbons (Fsp3) is 0.769. The highest BCUT2D eigenvalue weighted by Crippen LogP contribution is 2.51. The largest absolute Gasteiger partial charge is 0.444 e. The quantitative estimate of drug-likeness (QED) is 0.277. The predicted molar refractivity (Wildman–Crippen MR) is 76.7 cm³/mol. The van der Waals surface area contributed by atoms with Crippen molar-refractivity contribution in [2.45, 2.75) is 26.4 Å². The van der Waals surface area contributed by atoms with E-state index in [0.717, 1.165) is 0 Å². The average Bonchev–Trinajstić information content (AvgIpc) is 2.88. The molecule has 0 spiro atoms. The maximum absolute atomic E-state index is 11.9. The lowest BCUT2D eigenvalue weighted by atomic mass is 10.2. The number of likely N-dealkylation sites (tertiary alicyclic amines) is 1. The summed E-state index contributed by atoms with van der Waals surface area (Å²) in [6.07, 6.45) is -0.308. The van der Waals surface area contributed by atoms with Gasteiger partial charge in [0.05, 0.1) is 0 Å². The van der Waals surface area contributed by atoms with Crippen molar-refractivity contribution in [2.75, 3.05) is 19.0 Å². The predicted octanol–water partition coefficient (Wildman–Crippen LogP) is 1.15. The van der Waals surface area contributed by atoms with Gasteiger partial charge in [0.1, 0.15) is 17.3 Å². The lowest BCUT2D eigenvalue weighted by molar-refractivity contribution is -0.140. The number of amides is 1. The average molecular weight is 318 g/mol. The van der Waals surface area contributed by atoms with Crippen LogP contribution in [-0.2, 0) is 14.4 Å². The van der Waals surface area contributed by atoms with Crippen LogP contribution in [0.5, 0.6) is 0 Å². The van der Waals surface area contributed by atoms with Crippen LogP contribution >= 0.6 is 11.6 Å². The Kier molecular flexibility index (Phi) is 4.32. The summed E-state index contributed by atoms with van der Waals surface area (Å²) >= 11 is 5.29. The van der Waals surface area contributed by atoms with Gasteiger partial charge in [-0.15, -0.1) is 11.6 Å². The van der Waals surface area contributed by atoms with Crippen LogP contribution in [0.4, 0.5) is 4.79 Å². The first-order chi connectivity index (χ1) is 9.73. The van der Waals surface area contributed by atoms with Crippen molar-refractivity contribution < 1.29 is 19.2 Å². The third kappa shape index (κ3) is 3.78. The van der Waals surface area contributed by atoms with Gasteiger partial charge in [-0.25, -0.2) is 9.59 Å². The van der Waals surface area contributed by atoms with Gasteiger partial charge < -0.3 is 20.2 Å². The SMILES string of the molecule is CC(C)(C)OC(=O)N1C[C@@H]2[C@H](C1)[C@H]2/C(N)=N/OC(=O)CCl. The molecule has 1 aliphatic heterocycles. The van der Waals surface area contributed by atoms with Crippen LogP contribution in [0.3, 0.4) is 0 Å². The molecule has 1 amide bonds. The minimum atomic E-state index is -0.638. The number of halogens is 1. The molecule has 3 atom stereocenters. The number of oxime groups is 1. The first-order valence-corrected chi connectivity index (χ1v) is 7.33. The summed E-state index contributed by atoms with van der Waals surface area (Å²) in [4.78, 5) is 29.0. The Hall–Kier alpha value is -1.50. The van der Waals surface area contributed by atoms with E-state index in [2.05, 4.69) is 9.99 Å². The van der Waals surface area contributed by atoms with Gasteiger partial charge in [0.15, 0.2) is 0 Å². The number of fused-ring (bicyclic) bond motifs is 1. The fourth-order valence-corrected chi connectivity index (χ4v) is 2.68. The highest BCUT2D eigenvalue weighted by Gasteiger charge is 2.59. The Labute approximate surface area is 128 Å². The van der Waals surface area contributed by atoms with Crippen LogP contribution in [-0.4, -0.2) is 47.4 Å². The Morgan fingerprint density at radius 1 is 1.33 bits per heavy atom. The third-order valence-electron chi connectivity index (χ3n) is 3.55. The van der Waals surface area contributed by atoms with E-state index in [0.29, 0.717) is 13.1 Å². The molecule has 8 heteroatoms. The number of alkyl halides is 1. The topological polar surface area (TPSA) is 94.2 Å². The van der Waals surface area contributed by atoms with E-state index < -0.39 is 11.6 Å². The van der Waals surface area contributed by atoms with Gasteiger partial charge in [-0.3, -0.25) is 0 Å². The van der Waals surface area contributed by atoms with E-state index in [1.807, 2.05) is 20.8 Å². The van der Waals surface area contributed by atoms with Crippen molar-refractivity contribution in [3.8, 4) is 0 Å². The molecule has 118 valence electrons. The standard InChI is InChI=1S/C13H20ClN3O4/c1-13(2,3)20-12(19)17-5-7-8(6-17)10(7)11(15)16-21-9(18)4-14/h7-8,10H,4-6H2,1-3H3,(H2,15,16)/t7-,8+,10+. The van der Waals surface area contributed by atoms with Gasteiger partial charge in [-0.2, -0.15) is 0 Å². The summed E-state index contributed by atoms with van der Waals surface area (Å²) in [7, 11) is 0. The zero-order valence-corrected chi connectivity index (χ0v) is 13.1. The third-order valence-corrected chi connectivity index (χ3v) is 3.77. The van der Waals surface area contributed by atoms with Crippen molar-refractivity contribution in [2.24, 2.45) is 28.6 Å². The van der Waals surface area contributed by atoms with Crippen LogP contribution in [0.25, 0.3) is 0 Å². The number of ether oxygens (including phenoxy) is 1. The van der Waals surface area contributed by atoms with Crippen LogP contribution in [0.1, 0.15) is 20.8 Å². The lowest BCUT2D eigenvalue weighted by Crippen LogP contribution is -2.38. The molecule has 7 nitrogen and oxygen atoms in total. The zero-order chi connectivity index (χ0) is 15.8. The van der Waals surface area contributed by atoms with Gasteiger partial charge in [0.25, 0.3) is 0 Å². The van der Waals surface area contributed by atoms with E-state index in [4.69, 9.17) is 22.1 Å².